The van der Waals surface area contributed by atoms with Crippen molar-refractivity contribution in [1.29, 1.82) is 0 Å². The van der Waals surface area contributed by atoms with Gasteiger partial charge >= 0.3 is 0 Å². The largest absolute Gasteiger partial charge is 0.508 e. The number of hydrogen-bond donors (Lipinski definition) is 6. The molecule has 0 aliphatic heterocycles. The van der Waals surface area contributed by atoms with Crippen LogP contribution in [0.5, 0.6) is 5.75 Å². The molecule has 3 aliphatic rings. The molecule has 6 atom stereocenters. The molecule has 0 spiro atoms. The Morgan fingerprint density at radius 3 is 2.33 bits per heavy atom. The molecule has 158 valence electrons. The SMILES string of the molecule is CC1c2cccc(O)c2C(O)=C2C(=O)C3(O)C(O)=C(C(N)=O)C(=O)[C@@H](C)C3C(O)C21. The Morgan fingerprint density at radius 2 is 1.73 bits per heavy atom. The maximum atomic E-state index is 13.5. The number of carbonyl (C=O) groups is 3. The van der Waals surface area contributed by atoms with Crippen LogP contribution in [0.2, 0.25) is 0 Å². The molecule has 0 aromatic heterocycles. The number of fused-ring (bicyclic) bond motifs is 3. The highest BCUT2D eigenvalue weighted by atomic mass is 16.4. The van der Waals surface area contributed by atoms with Gasteiger partial charge in [0.1, 0.15) is 22.8 Å². The predicted molar refractivity (Wildman–Crippen MR) is 102 cm³/mol. The van der Waals surface area contributed by atoms with Crippen LogP contribution in [-0.4, -0.2) is 54.7 Å². The van der Waals surface area contributed by atoms with E-state index in [9.17, 15) is 39.9 Å². The summed E-state index contributed by atoms with van der Waals surface area (Å²) in [7, 11) is 0. The predicted octanol–water partition coefficient (Wildman–Crippen LogP) is 0.202. The lowest BCUT2D eigenvalue weighted by atomic mass is 9.53. The van der Waals surface area contributed by atoms with Crippen molar-refractivity contribution >= 4 is 23.2 Å². The minimum Gasteiger partial charge on any atom is -0.508 e. The van der Waals surface area contributed by atoms with Crippen molar-refractivity contribution in [1.82, 2.24) is 0 Å². The summed E-state index contributed by atoms with van der Waals surface area (Å²) >= 11 is 0. The number of benzene rings is 1. The van der Waals surface area contributed by atoms with Crippen LogP contribution in [0, 0.1) is 17.8 Å². The molecule has 5 unspecified atom stereocenters. The Balaban J connectivity index is 2.05. The first-order chi connectivity index (χ1) is 14.0. The molecule has 9 heteroatoms. The van der Waals surface area contributed by atoms with E-state index in [0.717, 1.165) is 0 Å². The average molecular weight is 415 g/mol. The van der Waals surface area contributed by atoms with Crippen molar-refractivity contribution in [3.8, 4) is 5.75 Å². The lowest BCUT2D eigenvalue weighted by Crippen LogP contribution is -2.66. The Hall–Kier alpha value is -3.17. The molecule has 30 heavy (non-hydrogen) atoms. The summed E-state index contributed by atoms with van der Waals surface area (Å²) in [5.41, 5.74) is 1.51. The summed E-state index contributed by atoms with van der Waals surface area (Å²) in [4.78, 5) is 37.8. The monoisotopic (exact) mass is 415 g/mol. The third-order valence-corrected chi connectivity index (χ3v) is 6.78. The number of rotatable bonds is 1. The fourth-order valence-corrected chi connectivity index (χ4v) is 5.34. The van der Waals surface area contributed by atoms with Crippen molar-refractivity contribution in [2.24, 2.45) is 23.5 Å². The molecule has 1 aromatic carbocycles. The van der Waals surface area contributed by atoms with Gasteiger partial charge in [-0.25, -0.2) is 0 Å². The molecule has 1 aromatic rings. The van der Waals surface area contributed by atoms with Crippen molar-refractivity contribution in [2.75, 3.05) is 0 Å². The molecule has 4 rings (SSSR count). The Labute approximate surface area is 170 Å². The van der Waals surface area contributed by atoms with E-state index in [-0.39, 0.29) is 16.9 Å². The summed E-state index contributed by atoms with van der Waals surface area (Å²) in [6.07, 6.45) is -1.54. The molecule has 0 radical (unpaired) electrons. The summed E-state index contributed by atoms with van der Waals surface area (Å²) in [6, 6.07) is 4.49. The van der Waals surface area contributed by atoms with Gasteiger partial charge in [-0.15, -0.1) is 0 Å². The fourth-order valence-electron chi connectivity index (χ4n) is 5.34. The van der Waals surface area contributed by atoms with Crippen LogP contribution >= 0.6 is 0 Å². The number of ketones is 2. The van der Waals surface area contributed by atoms with Crippen LogP contribution in [0.3, 0.4) is 0 Å². The molecule has 0 saturated heterocycles. The zero-order valence-electron chi connectivity index (χ0n) is 16.2. The maximum absolute atomic E-state index is 13.5. The second-order valence-corrected chi connectivity index (χ2v) is 8.17. The molecule has 1 fully saturated rings. The number of phenols is 1. The van der Waals surface area contributed by atoms with E-state index in [1.54, 1.807) is 19.1 Å². The van der Waals surface area contributed by atoms with E-state index in [2.05, 4.69) is 0 Å². The van der Waals surface area contributed by atoms with E-state index >= 15 is 0 Å². The van der Waals surface area contributed by atoms with Gasteiger partial charge in [-0.3, -0.25) is 14.4 Å². The van der Waals surface area contributed by atoms with Crippen molar-refractivity contribution in [3.05, 3.63) is 46.2 Å². The minimum atomic E-state index is -2.83. The quantitative estimate of drug-likeness (QED) is 0.352. The Kier molecular flexibility index (Phi) is 4.13. The normalized spacial score (nSPS) is 35.7. The lowest BCUT2D eigenvalue weighted by Gasteiger charge is -2.52. The maximum Gasteiger partial charge on any atom is 0.255 e. The first-order valence-corrected chi connectivity index (χ1v) is 9.44. The van der Waals surface area contributed by atoms with Gasteiger partial charge in [0.05, 0.1) is 11.7 Å². The van der Waals surface area contributed by atoms with Gasteiger partial charge in [0.25, 0.3) is 5.91 Å². The highest BCUT2D eigenvalue weighted by Crippen LogP contribution is 2.56. The number of aliphatic hydroxyl groups excluding tert-OH is 3. The van der Waals surface area contributed by atoms with E-state index < -0.39 is 69.9 Å². The third-order valence-electron chi connectivity index (χ3n) is 6.78. The van der Waals surface area contributed by atoms with Gasteiger partial charge in [-0.2, -0.15) is 0 Å². The Bertz CT molecular complexity index is 1090. The zero-order valence-corrected chi connectivity index (χ0v) is 16.2. The molecule has 7 N–H and O–H groups in total. The molecule has 1 amide bonds. The number of nitrogens with two attached hydrogens (primary N) is 1. The smallest absolute Gasteiger partial charge is 0.255 e. The zero-order chi connectivity index (χ0) is 22.3. The van der Waals surface area contributed by atoms with Crippen LogP contribution in [0.15, 0.2) is 35.1 Å². The Morgan fingerprint density at radius 1 is 1.10 bits per heavy atom. The number of aliphatic hydroxyl groups is 4. The van der Waals surface area contributed by atoms with E-state index in [0.29, 0.717) is 5.56 Å². The number of Topliss-reactive ketones (excluding diaryl/α,β-unsaturated/α-hetero) is 2. The van der Waals surface area contributed by atoms with Gasteiger partial charge < -0.3 is 31.3 Å². The van der Waals surface area contributed by atoms with Gasteiger partial charge in [0, 0.05) is 23.3 Å². The topological polar surface area (TPSA) is 178 Å². The van der Waals surface area contributed by atoms with E-state index in [1.165, 1.54) is 13.0 Å². The number of primary amides is 1. The molecule has 9 nitrogen and oxygen atoms in total. The number of hydrogen-bond acceptors (Lipinski definition) is 8. The number of aromatic hydroxyl groups is 1. The van der Waals surface area contributed by atoms with Crippen LogP contribution < -0.4 is 5.73 Å². The standard InChI is InChI=1S/C21H21NO8/c1-6-8-4-3-5-9(23)11(8)16(25)12-10(6)17(26)14-7(2)15(24)13(20(22)29)19(28)21(14,30)18(12)27/h3-7,10,14,17,23,25-26,28,30H,1-2H3,(H2,22,29)/t6?,7-,10?,14?,17?,21?/m0/s1. The van der Waals surface area contributed by atoms with Gasteiger partial charge in [0.15, 0.2) is 11.4 Å². The average Bonchev–Trinajstić information content (AvgIpc) is 2.67. The minimum absolute atomic E-state index is 0.0163. The number of amides is 1. The molecule has 3 aliphatic carbocycles. The van der Waals surface area contributed by atoms with Crippen LogP contribution in [0.4, 0.5) is 0 Å². The summed E-state index contributed by atoms with van der Waals surface area (Å²) < 4.78 is 0. The summed E-state index contributed by atoms with van der Waals surface area (Å²) in [5.74, 6) is -9.82. The third kappa shape index (κ3) is 2.16. The van der Waals surface area contributed by atoms with Crippen LogP contribution in [0.25, 0.3) is 5.76 Å². The second kappa shape index (κ2) is 6.16. The lowest BCUT2D eigenvalue weighted by molar-refractivity contribution is -0.167. The van der Waals surface area contributed by atoms with Crippen LogP contribution in [-0.2, 0) is 14.4 Å². The summed E-state index contributed by atoms with van der Waals surface area (Å²) in [6.45, 7) is 3.00. The molecule has 1 saturated carbocycles. The molecular formula is C21H21NO8. The van der Waals surface area contributed by atoms with Crippen LogP contribution in [0.1, 0.15) is 30.9 Å². The van der Waals surface area contributed by atoms with Gasteiger partial charge in [-0.05, 0) is 17.5 Å². The van der Waals surface area contributed by atoms with Crippen molar-refractivity contribution < 1.29 is 39.9 Å². The first kappa shape index (κ1) is 20.1. The van der Waals surface area contributed by atoms with Gasteiger partial charge in [-0.1, -0.05) is 26.0 Å². The highest BCUT2D eigenvalue weighted by Gasteiger charge is 2.66. The molecule has 0 bridgehead atoms. The summed E-state index contributed by atoms with van der Waals surface area (Å²) in [5, 5.41) is 54.1. The molecule has 0 heterocycles. The number of carbonyl (C=O) groups excluding carboxylic acids is 3. The first-order valence-electron chi connectivity index (χ1n) is 9.44. The molecular weight excluding hydrogens is 394 g/mol. The highest BCUT2D eigenvalue weighted by molar-refractivity contribution is 6.23. The fraction of sp³-hybridized carbons (Fsp3) is 0.381. The van der Waals surface area contributed by atoms with E-state index in [1.807, 2.05) is 0 Å². The van der Waals surface area contributed by atoms with Crippen molar-refractivity contribution in [3.63, 3.8) is 0 Å². The number of phenolic OH excluding ortho intramolecular Hbond substituents is 1. The van der Waals surface area contributed by atoms with E-state index in [4.69, 9.17) is 5.73 Å². The second-order valence-electron chi connectivity index (χ2n) is 8.17. The van der Waals surface area contributed by atoms with Crippen molar-refractivity contribution in [2.45, 2.75) is 31.5 Å². The van der Waals surface area contributed by atoms with Gasteiger partial charge in [0.2, 0.25) is 5.78 Å².